The smallest absolute Gasteiger partial charge is 0.396 e. The maximum absolute atomic E-state index is 13.3. The number of benzene rings is 2. The van der Waals surface area contributed by atoms with Crippen molar-refractivity contribution in [3.05, 3.63) is 65.9 Å². The first kappa shape index (κ1) is 22.4. The first-order valence-electron chi connectivity index (χ1n) is 9.73. The Hall–Kier alpha value is -3.33. The number of hydrazine groups is 1. The standard InChI is InChI=1S/C22H23F3N4O2/c1-3-12-31-26-13-15-8-10-16(11-9-15)17-6-4-5-7-19(17)27-21(30)18-14-29(2)28-20(18)22(23,24)25/h4-11,13-14,20,28H,3,12H2,1-2H3,(H,27,30)/b26-13-. The number of carbonyl (C=O) groups is 1. The summed E-state index contributed by atoms with van der Waals surface area (Å²) in [4.78, 5) is 17.7. The average Bonchev–Trinajstić information content (AvgIpc) is 3.15. The molecule has 0 saturated carbocycles. The summed E-state index contributed by atoms with van der Waals surface area (Å²) in [5.74, 6) is -0.816. The fraction of sp³-hybridized carbons (Fsp3) is 0.273. The van der Waals surface area contributed by atoms with Crippen LogP contribution in [0.3, 0.4) is 0 Å². The molecule has 2 aromatic carbocycles. The molecule has 1 atom stereocenters. The third-order valence-corrected chi connectivity index (χ3v) is 4.53. The molecule has 6 nitrogen and oxygen atoms in total. The van der Waals surface area contributed by atoms with Crippen molar-refractivity contribution in [2.45, 2.75) is 25.6 Å². The number of rotatable bonds is 7. The van der Waals surface area contributed by atoms with E-state index in [0.717, 1.165) is 28.8 Å². The molecule has 0 saturated heterocycles. The molecule has 0 aromatic heterocycles. The lowest BCUT2D eigenvalue weighted by Gasteiger charge is -2.20. The third kappa shape index (κ3) is 5.64. The van der Waals surface area contributed by atoms with Gasteiger partial charge in [0.25, 0.3) is 5.91 Å². The van der Waals surface area contributed by atoms with Gasteiger partial charge in [0.1, 0.15) is 6.61 Å². The normalized spacial score (nSPS) is 16.5. The van der Waals surface area contributed by atoms with Crippen LogP contribution in [0.2, 0.25) is 0 Å². The number of hydrogen-bond acceptors (Lipinski definition) is 5. The van der Waals surface area contributed by atoms with Crippen molar-refractivity contribution in [3.63, 3.8) is 0 Å². The molecule has 0 spiro atoms. The van der Waals surface area contributed by atoms with Crippen LogP contribution in [-0.4, -0.2) is 43.0 Å². The van der Waals surface area contributed by atoms with Crippen LogP contribution in [0.1, 0.15) is 18.9 Å². The molecule has 1 unspecified atom stereocenters. The summed E-state index contributed by atoms with van der Waals surface area (Å²) >= 11 is 0. The molecule has 2 aromatic rings. The number of oxime groups is 1. The molecule has 1 aliphatic rings. The van der Waals surface area contributed by atoms with Gasteiger partial charge in [-0.3, -0.25) is 4.79 Å². The Balaban J connectivity index is 1.79. The van der Waals surface area contributed by atoms with E-state index in [-0.39, 0.29) is 0 Å². The van der Waals surface area contributed by atoms with Crippen molar-refractivity contribution in [1.82, 2.24) is 10.4 Å². The van der Waals surface area contributed by atoms with Gasteiger partial charge in [-0.05, 0) is 23.6 Å². The molecular weight excluding hydrogens is 409 g/mol. The Bertz CT molecular complexity index is 971. The Morgan fingerprint density at radius 3 is 2.61 bits per heavy atom. The van der Waals surface area contributed by atoms with Gasteiger partial charge >= 0.3 is 6.18 Å². The molecule has 3 rings (SSSR count). The number of carbonyl (C=O) groups excluding carboxylic acids is 1. The summed E-state index contributed by atoms with van der Waals surface area (Å²) in [5.41, 5.74) is 4.55. The highest BCUT2D eigenvalue weighted by molar-refractivity contribution is 6.07. The van der Waals surface area contributed by atoms with E-state index in [1.165, 1.54) is 7.05 Å². The summed E-state index contributed by atoms with van der Waals surface area (Å²) in [6, 6.07) is 12.2. The fourth-order valence-corrected chi connectivity index (χ4v) is 3.06. The first-order chi connectivity index (χ1) is 14.8. The van der Waals surface area contributed by atoms with Crippen LogP contribution in [0, 0.1) is 0 Å². The van der Waals surface area contributed by atoms with Crippen molar-refractivity contribution in [2.24, 2.45) is 5.16 Å². The molecule has 0 fully saturated rings. The monoisotopic (exact) mass is 432 g/mol. The van der Waals surface area contributed by atoms with E-state index in [0.29, 0.717) is 17.9 Å². The molecule has 0 aliphatic carbocycles. The zero-order valence-corrected chi connectivity index (χ0v) is 17.1. The highest BCUT2D eigenvalue weighted by atomic mass is 19.4. The number of amides is 1. The van der Waals surface area contributed by atoms with Crippen LogP contribution in [-0.2, 0) is 9.63 Å². The van der Waals surface area contributed by atoms with Gasteiger partial charge in [-0.25, -0.2) is 5.43 Å². The predicted octanol–water partition coefficient (Wildman–Crippen LogP) is 4.32. The van der Waals surface area contributed by atoms with Crippen LogP contribution in [0.4, 0.5) is 18.9 Å². The SMILES string of the molecule is CCCO/N=C\c1ccc(-c2ccccc2NC(=O)C2=CN(C)NC2C(F)(F)F)cc1. The zero-order chi connectivity index (χ0) is 22.4. The van der Waals surface area contributed by atoms with Crippen molar-refractivity contribution in [2.75, 3.05) is 19.0 Å². The van der Waals surface area contributed by atoms with Gasteiger partial charge in [-0.15, -0.1) is 0 Å². The minimum absolute atomic E-state index is 0.400. The molecule has 164 valence electrons. The Kier molecular flexibility index (Phi) is 6.96. The second-order valence-electron chi connectivity index (χ2n) is 6.99. The number of para-hydroxylation sites is 1. The number of nitrogens with one attached hydrogen (secondary N) is 2. The third-order valence-electron chi connectivity index (χ3n) is 4.53. The number of anilines is 1. The largest absolute Gasteiger partial charge is 0.409 e. The van der Waals surface area contributed by atoms with Crippen LogP contribution in [0.25, 0.3) is 11.1 Å². The van der Waals surface area contributed by atoms with Crippen LogP contribution >= 0.6 is 0 Å². The highest BCUT2D eigenvalue weighted by Gasteiger charge is 2.47. The van der Waals surface area contributed by atoms with Gasteiger partial charge < -0.3 is 15.2 Å². The molecule has 31 heavy (non-hydrogen) atoms. The van der Waals surface area contributed by atoms with Crippen LogP contribution in [0.15, 0.2) is 65.5 Å². The Morgan fingerprint density at radius 1 is 1.23 bits per heavy atom. The Morgan fingerprint density at radius 2 is 1.94 bits per heavy atom. The molecule has 2 N–H and O–H groups in total. The quantitative estimate of drug-likeness (QED) is 0.389. The highest BCUT2D eigenvalue weighted by Crippen LogP contribution is 2.32. The van der Waals surface area contributed by atoms with E-state index in [9.17, 15) is 18.0 Å². The molecule has 1 aliphatic heterocycles. The van der Waals surface area contributed by atoms with Gasteiger partial charge in [0, 0.05) is 24.5 Å². The van der Waals surface area contributed by atoms with Gasteiger partial charge in [0.2, 0.25) is 0 Å². The fourth-order valence-electron chi connectivity index (χ4n) is 3.06. The van der Waals surface area contributed by atoms with E-state index in [2.05, 4.69) is 15.9 Å². The molecule has 0 bridgehead atoms. The lowest BCUT2D eigenvalue weighted by atomic mass is 10.0. The summed E-state index contributed by atoms with van der Waals surface area (Å²) in [6.45, 7) is 2.53. The molecule has 1 amide bonds. The van der Waals surface area contributed by atoms with Crippen LogP contribution < -0.4 is 10.7 Å². The number of alkyl halides is 3. The van der Waals surface area contributed by atoms with E-state index >= 15 is 0 Å². The zero-order valence-electron chi connectivity index (χ0n) is 17.1. The lowest BCUT2D eigenvalue weighted by molar-refractivity contribution is -0.153. The Labute approximate surface area is 178 Å². The van der Waals surface area contributed by atoms with Crippen LogP contribution in [0.5, 0.6) is 0 Å². The molecular formula is C22H23F3N4O2. The molecule has 9 heteroatoms. The number of nitrogens with zero attached hydrogens (tertiary/aromatic N) is 2. The van der Waals surface area contributed by atoms with Gasteiger partial charge in [-0.1, -0.05) is 54.5 Å². The van der Waals surface area contributed by atoms with E-state index in [4.69, 9.17) is 4.84 Å². The van der Waals surface area contributed by atoms with E-state index < -0.39 is 23.7 Å². The molecule has 1 heterocycles. The van der Waals surface area contributed by atoms with E-state index in [1.807, 2.05) is 31.2 Å². The topological polar surface area (TPSA) is 66.0 Å². The van der Waals surface area contributed by atoms with Crippen molar-refractivity contribution >= 4 is 17.8 Å². The summed E-state index contributed by atoms with van der Waals surface area (Å²) in [5, 5.41) is 7.62. The summed E-state index contributed by atoms with van der Waals surface area (Å²) in [6.07, 6.45) is -0.983. The van der Waals surface area contributed by atoms with Crippen molar-refractivity contribution < 1.29 is 22.8 Å². The second kappa shape index (κ2) is 9.65. The first-order valence-corrected chi connectivity index (χ1v) is 9.73. The minimum atomic E-state index is -4.59. The predicted molar refractivity (Wildman–Crippen MR) is 113 cm³/mol. The number of hydrogen-bond donors (Lipinski definition) is 2. The lowest BCUT2D eigenvalue weighted by Crippen LogP contribution is -2.45. The average molecular weight is 432 g/mol. The maximum Gasteiger partial charge on any atom is 0.409 e. The number of halogens is 3. The van der Waals surface area contributed by atoms with E-state index in [1.54, 1.807) is 30.5 Å². The van der Waals surface area contributed by atoms with Gasteiger partial charge in [-0.2, -0.15) is 13.2 Å². The summed E-state index contributed by atoms with van der Waals surface area (Å²) < 4.78 is 39.8. The van der Waals surface area contributed by atoms with Gasteiger partial charge in [0.15, 0.2) is 6.04 Å². The summed E-state index contributed by atoms with van der Waals surface area (Å²) in [7, 11) is 1.41. The maximum atomic E-state index is 13.3. The van der Waals surface area contributed by atoms with Crippen molar-refractivity contribution in [3.8, 4) is 11.1 Å². The second-order valence-corrected chi connectivity index (χ2v) is 6.99. The molecule has 0 radical (unpaired) electrons. The minimum Gasteiger partial charge on any atom is -0.396 e. The van der Waals surface area contributed by atoms with Crippen molar-refractivity contribution in [1.29, 1.82) is 0 Å². The van der Waals surface area contributed by atoms with Gasteiger partial charge in [0.05, 0.1) is 11.8 Å².